The number of carbonyl (C=O) groups is 4. The van der Waals surface area contributed by atoms with Gasteiger partial charge in [-0.05, 0) is 49.2 Å². The van der Waals surface area contributed by atoms with Gasteiger partial charge < -0.3 is 25.2 Å². The minimum absolute atomic E-state index is 0.0415. The van der Waals surface area contributed by atoms with Crippen LogP contribution in [0.5, 0.6) is 0 Å². The Morgan fingerprint density at radius 3 is 2.63 bits per heavy atom. The van der Waals surface area contributed by atoms with Crippen LogP contribution in [0.1, 0.15) is 33.5 Å². The highest BCUT2D eigenvalue weighted by Gasteiger charge is 2.47. The number of aryl methyl sites for hydroxylation is 1. The van der Waals surface area contributed by atoms with Gasteiger partial charge in [-0.3, -0.25) is 19.2 Å². The first-order valence-electron chi connectivity index (χ1n) is 11.2. The van der Waals surface area contributed by atoms with Gasteiger partial charge >= 0.3 is 0 Å². The molecular formula is C25H26N4O5S. The standard InChI is InChI=1S/C25H26N4O5S/c1-4-19-6-8-21(35-19)23(32)27-25(9-10-28(15-25)17(3)30)24(33)26-18-5-7-20(16(2)13-18)29-11-12-34-14-22(29)31/h1,5-8,13H,9-12,14-15H2,2-3H3,(H,26,33)(H,27,32). The maximum atomic E-state index is 13.5. The fourth-order valence-corrected chi connectivity index (χ4v) is 5.01. The molecule has 1 unspecified atom stereocenters. The van der Waals surface area contributed by atoms with E-state index in [0.29, 0.717) is 35.1 Å². The Morgan fingerprint density at radius 1 is 1.20 bits per heavy atom. The molecule has 182 valence electrons. The van der Waals surface area contributed by atoms with Crippen LogP contribution < -0.4 is 15.5 Å². The largest absolute Gasteiger partial charge is 0.370 e. The maximum Gasteiger partial charge on any atom is 0.262 e. The van der Waals surface area contributed by atoms with Crippen molar-refractivity contribution in [3.05, 3.63) is 45.6 Å². The van der Waals surface area contributed by atoms with E-state index in [9.17, 15) is 19.2 Å². The molecule has 3 heterocycles. The summed E-state index contributed by atoms with van der Waals surface area (Å²) < 4.78 is 5.19. The Kier molecular flexibility index (Phi) is 6.91. The van der Waals surface area contributed by atoms with Crippen LogP contribution in [0.3, 0.4) is 0 Å². The summed E-state index contributed by atoms with van der Waals surface area (Å²) in [5, 5.41) is 5.76. The number of rotatable bonds is 5. The van der Waals surface area contributed by atoms with E-state index in [0.717, 1.165) is 22.6 Å². The Bertz CT molecular complexity index is 1230. The van der Waals surface area contributed by atoms with Crippen LogP contribution in [-0.4, -0.2) is 66.9 Å². The summed E-state index contributed by atoms with van der Waals surface area (Å²) in [5.41, 5.74) is 0.798. The molecule has 10 heteroatoms. The number of carbonyl (C=O) groups excluding carboxylic acids is 4. The summed E-state index contributed by atoms with van der Waals surface area (Å²) in [6, 6.07) is 8.57. The number of hydrogen-bond acceptors (Lipinski definition) is 6. The first kappa shape index (κ1) is 24.4. The molecule has 0 aliphatic carbocycles. The lowest BCUT2D eigenvalue weighted by Crippen LogP contribution is -2.58. The fourth-order valence-electron chi connectivity index (χ4n) is 4.30. The molecule has 2 N–H and O–H groups in total. The van der Waals surface area contributed by atoms with Gasteiger partial charge in [-0.15, -0.1) is 17.8 Å². The van der Waals surface area contributed by atoms with Crippen molar-refractivity contribution in [3.8, 4) is 12.3 Å². The van der Waals surface area contributed by atoms with Crippen LogP contribution in [0.4, 0.5) is 11.4 Å². The molecule has 4 rings (SSSR count). The molecule has 0 saturated carbocycles. The van der Waals surface area contributed by atoms with Gasteiger partial charge in [0, 0.05) is 31.4 Å². The van der Waals surface area contributed by atoms with E-state index in [2.05, 4.69) is 16.6 Å². The van der Waals surface area contributed by atoms with Gasteiger partial charge in [-0.1, -0.05) is 5.92 Å². The predicted molar refractivity (Wildman–Crippen MR) is 132 cm³/mol. The molecule has 1 aromatic heterocycles. The van der Waals surface area contributed by atoms with Gasteiger partial charge in [0.05, 0.1) is 22.9 Å². The molecular weight excluding hydrogens is 468 g/mol. The number of thiophene rings is 1. The second-order valence-corrected chi connectivity index (χ2v) is 9.67. The van der Waals surface area contributed by atoms with E-state index >= 15 is 0 Å². The first-order valence-corrected chi connectivity index (χ1v) is 12.0. The number of nitrogens with one attached hydrogen (secondary N) is 2. The number of hydrogen-bond donors (Lipinski definition) is 2. The van der Waals surface area contributed by atoms with Crippen LogP contribution >= 0.6 is 11.3 Å². The number of anilines is 2. The van der Waals surface area contributed by atoms with Crippen molar-refractivity contribution in [3.63, 3.8) is 0 Å². The van der Waals surface area contributed by atoms with Gasteiger partial charge in [-0.2, -0.15) is 0 Å². The molecule has 2 aliphatic rings. The summed E-state index contributed by atoms with van der Waals surface area (Å²) >= 11 is 1.16. The Labute approximate surface area is 207 Å². The number of likely N-dealkylation sites (tertiary alicyclic amines) is 1. The quantitative estimate of drug-likeness (QED) is 0.616. The summed E-state index contributed by atoms with van der Waals surface area (Å²) in [6.45, 7) is 4.67. The monoisotopic (exact) mass is 494 g/mol. The average molecular weight is 495 g/mol. The van der Waals surface area contributed by atoms with Gasteiger partial charge in [0.15, 0.2) is 0 Å². The third-order valence-electron chi connectivity index (χ3n) is 6.21. The molecule has 0 radical (unpaired) electrons. The van der Waals surface area contributed by atoms with Crippen molar-refractivity contribution in [1.29, 1.82) is 0 Å². The van der Waals surface area contributed by atoms with E-state index in [1.807, 2.05) is 6.92 Å². The van der Waals surface area contributed by atoms with Crippen molar-refractivity contribution in [2.24, 2.45) is 0 Å². The number of amides is 4. The minimum Gasteiger partial charge on any atom is -0.370 e. The van der Waals surface area contributed by atoms with Gasteiger partial charge in [0.25, 0.3) is 17.7 Å². The van der Waals surface area contributed by atoms with Crippen molar-refractivity contribution in [1.82, 2.24) is 10.2 Å². The third-order valence-corrected chi connectivity index (χ3v) is 7.22. The van der Waals surface area contributed by atoms with Crippen molar-refractivity contribution >= 4 is 46.3 Å². The van der Waals surface area contributed by atoms with E-state index in [1.165, 1.54) is 6.92 Å². The van der Waals surface area contributed by atoms with Gasteiger partial charge in [-0.25, -0.2) is 0 Å². The van der Waals surface area contributed by atoms with Crippen molar-refractivity contribution < 1.29 is 23.9 Å². The fraction of sp³-hybridized carbons (Fsp3) is 0.360. The van der Waals surface area contributed by atoms with E-state index in [-0.39, 0.29) is 31.4 Å². The normalized spacial score (nSPS) is 19.9. The van der Waals surface area contributed by atoms with Crippen LogP contribution in [0.25, 0.3) is 0 Å². The predicted octanol–water partition coefficient (Wildman–Crippen LogP) is 1.76. The topological polar surface area (TPSA) is 108 Å². The molecule has 0 spiro atoms. The van der Waals surface area contributed by atoms with Crippen LogP contribution in [0.15, 0.2) is 30.3 Å². The number of terminal acetylenes is 1. The number of benzene rings is 1. The summed E-state index contributed by atoms with van der Waals surface area (Å²) in [7, 11) is 0. The van der Waals surface area contributed by atoms with Crippen LogP contribution in [0.2, 0.25) is 0 Å². The third kappa shape index (κ3) is 5.06. The molecule has 35 heavy (non-hydrogen) atoms. The molecule has 2 aromatic rings. The minimum atomic E-state index is -1.30. The van der Waals surface area contributed by atoms with Gasteiger partial charge in [0.1, 0.15) is 12.1 Å². The molecule has 2 fully saturated rings. The molecule has 1 aromatic carbocycles. The Hall–Kier alpha value is -3.68. The summed E-state index contributed by atoms with van der Waals surface area (Å²) in [4.78, 5) is 54.9. The number of ether oxygens (including phenoxy) is 1. The van der Waals surface area contributed by atoms with Crippen LogP contribution in [0, 0.1) is 19.3 Å². The first-order chi connectivity index (χ1) is 16.7. The molecule has 1 atom stereocenters. The zero-order chi connectivity index (χ0) is 25.2. The maximum absolute atomic E-state index is 13.5. The Balaban J connectivity index is 1.55. The summed E-state index contributed by atoms with van der Waals surface area (Å²) in [6.07, 6.45) is 5.68. The molecule has 0 bridgehead atoms. The van der Waals surface area contributed by atoms with E-state index in [4.69, 9.17) is 11.2 Å². The SMILES string of the molecule is C#Cc1ccc(C(=O)NC2(C(=O)Nc3ccc(N4CCOCC4=O)c(C)c3)CCN(C(C)=O)C2)s1. The van der Waals surface area contributed by atoms with Crippen LogP contribution in [-0.2, 0) is 19.1 Å². The molecule has 2 saturated heterocycles. The lowest BCUT2D eigenvalue weighted by atomic mass is 9.96. The van der Waals surface area contributed by atoms with Gasteiger partial charge in [0.2, 0.25) is 5.91 Å². The second kappa shape index (κ2) is 9.90. The van der Waals surface area contributed by atoms with Crippen molar-refractivity contribution in [2.75, 3.05) is 43.1 Å². The molecule has 2 aliphatic heterocycles. The van der Waals surface area contributed by atoms with E-state index in [1.54, 1.807) is 40.1 Å². The highest BCUT2D eigenvalue weighted by molar-refractivity contribution is 7.14. The van der Waals surface area contributed by atoms with Crippen molar-refractivity contribution in [2.45, 2.75) is 25.8 Å². The lowest BCUT2D eigenvalue weighted by molar-refractivity contribution is -0.128. The molecule has 4 amide bonds. The Morgan fingerprint density at radius 2 is 2.00 bits per heavy atom. The number of nitrogens with zero attached hydrogens (tertiary/aromatic N) is 2. The summed E-state index contributed by atoms with van der Waals surface area (Å²) in [5.74, 6) is 1.37. The zero-order valence-corrected chi connectivity index (χ0v) is 20.4. The smallest absolute Gasteiger partial charge is 0.262 e. The number of morpholine rings is 1. The molecule has 9 nitrogen and oxygen atoms in total. The highest BCUT2D eigenvalue weighted by Crippen LogP contribution is 2.28. The highest BCUT2D eigenvalue weighted by atomic mass is 32.1. The zero-order valence-electron chi connectivity index (χ0n) is 19.6. The van der Waals surface area contributed by atoms with E-state index < -0.39 is 17.4 Å². The lowest BCUT2D eigenvalue weighted by Gasteiger charge is -2.30. The average Bonchev–Trinajstić information content (AvgIpc) is 3.48. The second-order valence-electron chi connectivity index (χ2n) is 8.59.